The fraction of sp³-hybridized carbons (Fsp3) is 0.333. The number of nitrogens with zero attached hydrogens (tertiary/aromatic N) is 5. The van der Waals surface area contributed by atoms with E-state index in [9.17, 15) is 44.3 Å². The number of hydrogen-bond acceptors (Lipinski definition) is 4. The van der Waals surface area contributed by atoms with Crippen LogP contribution in [0.4, 0.5) is 39.5 Å². The largest absolute Gasteiger partial charge is 0.505 e. The molecule has 1 aliphatic heterocycles. The van der Waals surface area contributed by atoms with Crippen LogP contribution in [0.1, 0.15) is 39.9 Å². The van der Waals surface area contributed by atoms with Crippen molar-refractivity contribution in [2.24, 2.45) is 0 Å². The zero-order chi connectivity index (χ0) is 25.1. The molecule has 1 N–H and O–H groups in total. The third kappa shape index (κ3) is 4.31. The number of hydrogen-bond donors (Lipinski definition) is 1. The molecule has 34 heavy (non-hydrogen) atoms. The van der Waals surface area contributed by atoms with Gasteiger partial charge in [0.2, 0.25) is 0 Å². The van der Waals surface area contributed by atoms with Gasteiger partial charge in [-0.2, -0.15) is 41.2 Å². The average molecular weight is 498 g/mol. The fourth-order valence-electron chi connectivity index (χ4n) is 3.54. The number of carbonyl (C=O) groups excluding carboxylic acids is 1. The summed E-state index contributed by atoms with van der Waals surface area (Å²) in [5, 5.41) is 9.01. The number of rotatable bonds is 3. The van der Waals surface area contributed by atoms with Crippen molar-refractivity contribution in [3.63, 3.8) is 0 Å². The van der Waals surface area contributed by atoms with Crippen LogP contribution in [0.15, 0.2) is 30.6 Å². The Bertz CT molecular complexity index is 1240. The van der Waals surface area contributed by atoms with Crippen LogP contribution in [0.5, 0.6) is 0 Å². The van der Waals surface area contributed by atoms with E-state index in [2.05, 4.69) is 20.5 Å². The lowest BCUT2D eigenvalue weighted by Gasteiger charge is -2.16. The van der Waals surface area contributed by atoms with Gasteiger partial charge >= 0.3 is 18.7 Å². The molecule has 4 heterocycles. The number of nitrogens with one attached hydrogen (secondary N) is 1. The summed E-state index contributed by atoms with van der Waals surface area (Å²) < 4.78 is 117. The van der Waals surface area contributed by atoms with E-state index in [-0.39, 0.29) is 36.1 Å². The quantitative estimate of drug-likeness (QED) is 0.539. The highest BCUT2D eigenvalue weighted by Gasteiger charge is 2.47. The van der Waals surface area contributed by atoms with Crippen LogP contribution in [0, 0.1) is 0 Å². The molecule has 0 spiro atoms. The highest BCUT2D eigenvalue weighted by molar-refractivity contribution is 5.95. The summed E-state index contributed by atoms with van der Waals surface area (Å²) in [5.74, 6) is -1.45. The first-order valence-electron chi connectivity index (χ1n) is 9.31. The molecule has 1 aliphatic rings. The first kappa shape index (κ1) is 23.6. The van der Waals surface area contributed by atoms with Gasteiger partial charge in [0.05, 0.1) is 29.2 Å². The van der Waals surface area contributed by atoms with Gasteiger partial charge in [0.15, 0.2) is 5.69 Å². The number of pyridine rings is 1. The van der Waals surface area contributed by atoms with Crippen LogP contribution in [0.2, 0.25) is 0 Å². The van der Waals surface area contributed by atoms with E-state index in [0.29, 0.717) is 0 Å². The molecular formula is C18H11F9N6O. The molecule has 0 aromatic carbocycles. The first-order valence-corrected chi connectivity index (χ1v) is 9.31. The number of fused-ring (bicyclic) bond motifs is 1. The average Bonchev–Trinajstić information content (AvgIpc) is 3.41. The highest BCUT2D eigenvalue weighted by atomic mass is 19.4. The van der Waals surface area contributed by atoms with E-state index < -0.39 is 52.2 Å². The minimum absolute atomic E-state index is 0.0557. The Morgan fingerprint density at radius 2 is 1.74 bits per heavy atom. The summed E-state index contributed by atoms with van der Waals surface area (Å²) in [6.45, 7) is 0.158. The summed E-state index contributed by atoms with van der Waals surface area (Å²) in [4.78, 5) is 15.7. The van der Waals surface area contributed by atoms with Gasteiger partial charge in [-0.25, -0.2) is 0 Å². The van der Waals surface area contributed by atoms with E-state index in [1.165, 1.54) is 16.8 Å². The minimum Gasteiger partial charge on any atom is -0.343 e. The Morgan fingerprint density at radius 3 is 2.35 bits per heavy atom. The Hall–Kier alpha value is -3.59. The highest BCUT2D eigenvalue weighted by Crippen LogP contribution is 2.38. The molecule has 16 heteroatoms. The molecule has 0 saturated heterocycles. The molecule has 182 valence electrons. The lowest BCUT2D eigenvalue weighted by molar-refractivity contribution is -0.229. The maximum absolute atomic E-state index is 13.3. The number of carbonyl (C=O) groups is 1. The number of alkyl halides is 9. The van der Waals surface area contributed by atoms with Crippen molar-refractivity contribution >= 4 is 5.91 Å². The van der Waals surface area contributed by atoms with Gasteiger partial charge in [0.1, 0.15) is 5.69 Å². The van der Waals surface area contributed by atoms with Crippen molar-refractivity contribution in [3.8, 4) is 11.3 Å². The minimum atomic E-state index is -5.53. The van der Waals surface area contributed by atoms with Gasteiger partial charge in [0, 0.05) is 18.3 Å². The van der Waals surface area contributed by atoms with Gasteiger partial charge in [-0.3, -0.25) is 14.5 Å². The van der Waals surface area contributed by atoms with Gasteiger partial charge in [-0.1, -0.05) is 0 Å². The Morgan fingerprint density at radius 1 is 1.03 bits per heavy atom. The fourth-order valence-corrected chi connectivity index (χ4v) is 3.54. The van der Waals surface area contributed by atoms with Crippen molar-refractivity contribution in [1.82, 2.24) is 29.9 Å². The van der Waals surface area contributed by atoms with Crippen LogP contribution in [0.3, 0.4) is 0 Å². The van der Waals surface area contributed by atoms with E-state index in [1.807, 2.05) is 0 Å². The van der Waals surface area contributed by atoms with Gasteiger partial charge in [0.25, 0.3) is 5.91 Å². The molecule has 0 fully saturated rings. The van der Waals surface area contributed by atoms with Crippen molar-refractivity contribution in [3.05, 3.63) is 53.2 Å². The molecule has 3 aromatic heterocycles. The standard InChI is InChI=1S/C18H11F9N6O/c19-16(20,21)13-5-8(1-3-28-13)11-6-12-10(2-4-32(12)31-11)30-15(34)9-7-29-33(18(25,26)27)14(9)17(22,23)24/h1,3,5-7,10H,2,4H2,(H,30,34). The zero-order valence-electron chi connectivity index (χ0n) is 16.4. The molecule has 7 nitrogen and oxygen atoms in total. The van der Waals surface area contributed by atoms with Gasteiger partial charge in [-0.15, -0.1) is 13.2 Å². The van der Waals surface area contributed by atoms with Crippen LogP contribution < -0.4 is 5.32 Å². The maximum atomic E-state index is 13.3. The van der Waals surface area contributed by atoms with E-state index >= 15 is 0 Å². The monoisotopic (exact) mass is 498 g/mol. The molecule has 0 saturated carbocycles. The SMILES string of the molecule is O=C(NC1CCn2nc(-c3ccnc(C(F)(F)F)c3)cc21)c1cnn(C(F)(F)F)c1C(F)(F)F. The summed E-state index contributed by atoms with van der Waals surface area (Å²) in [6, 6.07) is 2.40. The van der Waals surface area contributed by atoms with Crippen LogP contribution in [0.25, 0.3) is 11.3 Å². The predicted octanol–water partition coefficient (Wildman–Crippen LogP) is 4.53. The second kappa shape index (κ2) is 7.73. The summed E-state index contributed by atoms with van der Waals surface area (Å²) in [7, 11) is 0. The van der Waals surface area contributed by atoms with Crippen molar-refractivity contribution in [2.75, 3.05) is 0 Å². The predicted molar refractivity (Wildman–Crippen MR) is 93.8 cm³/mol. The lowest BCUT2D eigenvalue weighted by atomic mass is 10.1. The van der Waals surface area contributed by atoms with Crippen LogP contribution in [-0.4, -0.2) is 30.5 Å². The Labute approximate surface area is 183 Å². The molecule has 1 amide bonds. The van der Waals surface area contributed by atoms with Crippen molar-refractivity contribution in [1.29, 1.82) is 0 Å². The number of amides is 1. The third-order valence-corrected chi connectivity index (χ3v) is 4.97. The molecule has 0 aliphatic carbocycles. The molecule has 0 bridgehead atoms. The maximum Gasteiger partial charge on any atom is 0.505 e. The normalized spacial score (nSPS) is 16.6. The van der Waals surface area contributed by atoms with Gasteiger partial charge < -0.3 is 5.32 Å². The Kier molecular flexibility index (Phi) is 5.36. The second-order valence-corrected chi connectivity index (χ2v) is 7.20. The number of aryl methyl sites for hydroxylation is 1. The van der Waals surface area contributed by atoms with E-state index in [1.54, 1.807) is 0 Å². The number of halogens is 9. The van der Waals surface area contributed by atoms with Gasteiger partial charge in [-0.05, 0) is 24.6 Å². The van der Waals surface area contributed by atoms with Crippen molar-refractivity contribution < 1.29 is 44.3 Å². The Balaban J connectivity index is 1.61. The smallest absolute Gasteiger partial charge is 0.343 e. The summed E-state index contributed by atoms with van der Waals surface area (Å²) >= 11 is 0. The second-order valence-electron chi connectivity index (χ2n) is 7.20. The molecule has 4 rings (SSSR count). The summed E-state index contributed by atoms with van der Waals surface area (Å²) in [5.41, 5.74) is -4.37. The molecular weight excluding hydrogens is 487 g/mol. The molecule has 1 unspecified atom stereocenters. The topological polar surface area (TPSA) is 77.6 Å². The van der Waals surface area contributed by atoms with E-state index in [0.717, 1.165) is 12.3 Å². The summed E-state index contributed by atoms with van der Waals surface area (Å²) in [6.07, 6.45) is -14.5. The molecule has 0 radical (unpaired) electrons. The molecule has 3 aromatic rings. The third-order valence-electron chi connectivity index (χ3n) is 4.97. The molecule has 1 atom stereocenters. The van der Waals surface area contributed by atoms with Crippen LogP contribution in [-0.2, 0) is 25.2 Å². The van der Waals surface area contributed by atoms with Crippen LogP contribution >= 0.6 is 0 Å². The zero-order valence-corrected chi connectivity index (χ0v) is 16.4. The number of aromatic nitrogens is 5. The van der Waals surface area contributed by atoms with Crippen molar-refractivity contribution in [2.45, 2.75) is 37.7 Å². The lowest BCUT2D eigenvalue weighted by Crippen LogP contribution is -2.31. The first-order chi connectivity index (χ1) is 15.7. The van der Waals surface area contributed by atoms with E-state index in [4.69, 9.17) is 0 Å².